The standard InChI is InChI=1S/C13H17N5O/c1-17-5-4-10(16-17)7-15-13(19)12-6-9(14)8-18(12)11-2-3-11/h4-6,8,11H,2-3,7,14H2,1H3,(H,15,19). The van der Waals surface area contributed by atoms with Crippen molar-refractivity contribution in [3.05, 3.63) is 35.9 Å². The molecular formula is C13H17N5O. The van der Waals surface area contributed by atoms with Crippen molar-refractivity contribution in [2.75, 3.05) is 5.73 Å². The fourth-order valence-electron chi connectivity index (χ4n) is 2.16. The van der Waals surface area contributed by atoms with Crippen LogP contribution in [0.4, 0.5) is 5.69 Å². The first kappa shape index (κ1) is 11.8. The fraction of sp³-hybridized carbons (Fsp3) is 0.385. The van der Waals surface area contributed by atoms with E-state index in [-0.39, 0.29) is 5.91 Å². The molecule has 2 aromatic heterocycles. The van der Waals surface area contributed by atoms with Crippen molar-refractivity contribution in [1.29, 1.82) is 0 Å². The van der Waals surface area contributed by atoms with E-state index in [0.717, 1.165) is 18.5 Å². The zero-order chi connectivity index (χ0) is 13.4. The van der Waals surface area contributed by atoms with Crippen LogP contribution in [0.5, 0.6) is 0 Å². The number of carbonyl (C=O) groups is 1. The summed E-state index contributed by atoms with van der Waals surface area (Å²) in [5.41, 5.74) is 7.89. The first-order valence-electron chi connectivity index (χ1n) is 6.37. The Morgan fingerprint density at radius 1 is 1.58 bits per heavy atom. The third kappa shape index (κ3) is 2.47. The average molecular weight is 259 g/mol. The number of aryl methyl sites for hydroxylation is 1. The Labute approximate surface area is 111 Å². The number of rotatable bonds is 4. The lowest BCUT2D eigenvalue weighted by molar-refractivity contribution is 0.0941. The summed E-state index contributed by atoms with van der Waals surface area (Å²) in [5.74, 6) is -0.103. The van der Waals surface area contributed by atoms with Crippen LogP contribution in [0.25, 0.3) is 0 Å². The second-order valence-corrected chi connectivity index (χ2v) is 4.96. The quantitative estimate of drug-likeness (QED) is 0.862. The second kappa shape index (κ2) is 4.46. The van der Waals surface area contributed by atoms with Crippen LogP contribution in [0, 0.1) is 0 Å². The minimum absolute atomic E-state index is 0.103. The van der Waals surface area contributed by atoms with Gasteiger partial charge in [-0.15, -0.1) is 0 Å². The molecule has 0 unspecified atom stereocenters. The average Bonchev–Trinajstić information content (AvgIpc) is 3.03. The van der Waals surface area contributed by atoms with Gasteiger partial charge < -0.3 is 15.6 Å². The van der Waals surface area contributed by atoms with E-state index in [1.165, 1.54) is 0 Å². The summed E-state index contributed by atoms with van der Waals surface area (Å²) < 4.78 is 3.69. The topological polar surface area (TPSA) is 77.9 Å². The predicted molar refractivity (Wildman–Crippen MR) is 71.5 cm³/mol. The van der Waals surface area contributed by atoms with Crippen molar-refractivity contribution in [3.63, 3.8) is 0 Å². The Morgan fingerprint density at radius 2 is 2.37 bits per heavy atom. The van der Waals surface area contributed by atoms with Gasteiger partial charge in [-0.3, -0.25) is 9.48 Å². The molecule has 3 rings (SSSR count). The summed E-state index contributed by atoms with van der Waals surface area (Å²) in [5, 5.41) is 7.10. The Balaban J connectivity index is 1.70. The van der Waals surface area contributed by atoms with E-state index in [2.05, 4.69) is 10.4 Å². The Kier molecular flexibility index (Phi) is 2.77. The van der Waals surface area contributed by atoms with E-state index in [9.17, 15) is 4.79 Å². The number of nitrogen functional groups attached to an aromatic ring is 1. The number of nitrogens with two attached hydrogens (primary N) is 1. The molecule has 1 aliphatic rings. The van der Waals surface area contributed by atoms with Crippen LogP contribution >= 0.6 is 0 Å². The second-order valence-electron chi connectivity index (χ2n) is 4.96. The van der Waals surface area contributed by atoms with Crippen molar-refractivity contribution in [2.45, 2.75) is 25.4 Å². The molecule has 0 spiro atoms. The molecule has 19 heavy (non-hydrogen) atoms. The van der Waals surface area contributed by atoms with Gasteiger partial charge in [0.15, 0.2) is 0 Å². The third-order valence-corrected chi connectivity index (χ3v) is 3.24. The number of amides is 1. The number of hydrogen-bond acceptors (Lipinski definition) is 3. The molecule has 0 bridgehead atoms. The van der Waals surface area contributed by atoms with Gasteiger partial charge in [-0.05, 0) is 25.0 Å². The molecule has 2 heterocycles. The zero-order valence-corrected chi connectivity index (χ0v) is 10.8. The van der Waals surface area contributed by atoms with Crippen LogP contribution in [0.15, 0.2) is 24.5 Å². The maximum Gasteiger partial charge on any atom is 0.268 e. The highest BCUT2D eigenvalue weighted by atomic mass is 16.1. The lowest BCUT2D eigenvalue weighted by Crippen LogP contribution is -2.25. The molecule has 1 amide bonds. The van der Waals surface area contributed by atoms with Crippen molar-refractivity contribution in [3.8, 4) is 0 Å². The van der Waals surface area contributed by atoms with Gasteiger partial charge in [-0.25, -0.2) is 0 Å². The van der Waals surface area contributed by atoms with Crippen molar-refractivity contribution in [2.24, 2.45) is 7.05 Å². The van der Waals surface area contributed by atoms with Gasteiger partial charge in [-0.1, -0.05) is 0 Å². The van der Waals surface area contributed by atoms with Crippen molar-refractivity contribution < 1.29 is 4.79 Å². The Morgan fingerprint density at radius 3 is 3.00 bits per heavy atom. The maximum atomic E-state index is 12.2. The third-order valence-electron chi connectivity index (χ3n) is 3.24. The van der Waals surface area contributed by atoms with Crippen molar-refractivity contribution >= 4 is 11.6 Å². The predicted octanol–water partition coefficient (Wildman–Crippen LogP) is 1.07. The van der Waals surface area contributed by atoms with Crippen LogP contribution in [-0.4, -0.2) is 20.3 Å². The highest BCUT2D eigenvalue weighted by Gasteiger charge is 2.27. The lowest BCUT2D eigenvalue weighted by Gasteiger charge is -2.07. The summed E-state index contributed by atoms with van der Waals surface area (Å²) in [7, 11) is 1.85. The van der Waals surface area contributed by atoms with Gasteiger partial charge >= 0.3 is 0 Å². The van der Waals surface area contributed by atoms with E-state index in [1.807, 2.05) is 30.1 Å². The molecule has 0 atom stereocenters. The highest BCUT2D eigenvalue weighted by Crippen LogP contribution is 2.37. The molecule has 0 aromatic carbocycles. The minimum Gasteiger partial charge on any atom is -0.397 e. The first-order chi connectivity index (χ1) is 9.13. The number of anilines is 1. The van der Waals surface area contributed by atoms with Gasteiger partial charge in [-0.2, -0.15) is 5.10 Å². The van der Waals surface area contributed by atoms with Gasteiger partial charge in [0.2, 0.25) is 0 Å². The monoisotopic (exact) mass is 259 g/mol. The molecule has 0 aliphatic heterocycles. The Bertz CT molecular complexity index is 608. The van der Waals surface area contributed by atoms with Crippen LogP contribution in [-0.2, 0) is 13.6 Å². The summed E-state index contributed by atoms with van der Waals surface area (Å²) >= 11 is 0. The maximum absolute atomic E-state index is 12.2. The molecular weight excluding hydrogens is 242 g/mol. The molecule has 3 N–H and O–H groups in total. The summed E-state index contributed by atoms with van der Waals surface area (Å²) in [6.45, 7) is 0.426. The Hall–Kier alpha value is -2.24. The molecule has 0 saturated heterocycles. The number of aromatic nitrogens is 3. The largest absolute Gasteiger partial charge is 0.397 e. The van der Waals surface area contributed by atoms with E-state index in [0.29, 0.717) is 24.0 Å². The molecule has 6 heteroatoms. The number of nitrogens with zero attached hydrogens (tertiary/aromatic N) is 3. The molecule has 0 radical (unpaired) electrons. The van der Waals surface area contributed by atoms with Gasteiger partial charge in [0.25, 0.3) is 5.91 Å². The number of nitrogens with one attached hydrogen (secondary N) is 1. The SMILES string of the molecule is Cn1ccc(CNC(=O)c2cc(N)cn2C2CC2)n1. The van der Waals surface area contributed by atoms with E-state index < -0.39 is 0 Å². The molecule has 1 aliphatic carbocycles. The summed E-state index contributed by atoms with van der Waals surface area (Å²) in [4.78, 5) is 12.2. The van der Waals surface area contributed by atoms with Gasteiger partial charge in [0, 0.05) is 25.5 Å². The zero-order valence-electron chi connectivity index (χ0n) is 10.8. The first-order valence-corrected chi connectivity index (χ1v) is 6.37. The smallest absolute Gasteiger partial charge is 0.268 e. The fourth-order valence-corrected chi connectivity index (χ4v) is 2.16. The lowest BCUT2D eigenvalue weighted by atomic mass is 10.3. The molecule has 100 valence electrons. The van der Waals surface area contributed by atoms with Crippen LogP contribution in [0.1, 0.15) is 35.1 Å². The molecule has 1 saturated carbocycles. The summed E-state index contributed by atoms with van der Waals surface area (Å²) in [6, 6.07) is 4.05. The van der Waals surface area contributed by atoms with Crippen LogP contribution in [0.3, 0.4) is 0 Å². The van der Waals surface area contributed by atoms with Gasteiger partial charge in [0.05, 0.1) is 17.9 Å². The minimum atomic E-state index is -0.103. The number of carbonyl (C=O) groups excluding carboxylic acids is 1. The molecule has 6 nitrogen and oxygen atoms in total. The normalized spacial score (nSPS) is 14.6. The number of hydrogen-bond donors (Lipinski definition) is 2. The van der Waals surface area contributed by atoms with E-state index in [1.54, 1.807) is 10.7 Å². The van der Waals surface area contributed by atoms with Crippen LogP contribution < -0.4 is 11.1 Å². The highest BCUT2D eigenvalue weighted by molar-refractivity contribution is 5.93. The molecule has 2 aromatic rings. The summed E-state index contributed by atoms with van der Waals surface area (Å²) in [6.07, 6.45) is 5.93. The van der Waals surface area contributed by atoms with Crippen LogP contribution in [0.2, 0.25) is 0 Å². The van der Waals surface area contributed by atoms with E-state index >= 15 is 0 Å². The van der Waals surface area contributed by atoms with Gasteiger partial charge in [0.1, 0.15) is 5.69 Å². The van der Waals surface area contributed by atoms with E-state index in [4.69, 9.17) is 5.73 Å². The van der Waals surface area contributed by atoms with Crippen molar-refractivity contribution in [1.82, 2.24) is 19.7 Å². The molecule has 1 fully saturated rings.